The molecule has 0 spiro atoms. The molecule has 0 aliphatic carbocycles. The van der Waals surface area contributed by atoms with Crippen molar-refractivity contribution < 1.29 is 39.1 Å². The van der Waals surface area contributed by atoms with Crippen molar-refractivity contribution in [3.05, 3.63) is 106 Å². The number of rotatable bonds is 14. The number of nitrogens with zero attached hydrogens (tertiary/aromatic N) is 6. The van der Waals surface area contributed by atoms with Crippen molar-refractivity contribution in [2.24, 2.45) is 23.7 Å². The van der Waals surface area contributed by atoms with Gasteiger partial charge in [-0.15, -0.1) is 11.3 Å². The van der Waals surface area contributed by atoms with Crippen LogP contribution in [0.2, 0.25) is 0 Å². The summed E-state index contributed by atoms with van der Waals surface area (Å²) in [4.78, 5) is 9.86. The van der Waals surface area contributed by atoms with E-state index in [1.54, 1.807) is 60.3 Å². The molecule has 5 heterocycles. The lowest BCUT2D eigenvalue weighted by atomic mass is 10.2. The highest BCUT2D eigenvalue weighted by Crippen LogP contribution is 2.34. The van der Waals surface area contributed by atoms with E-state index in [4.69, 9.17) is 0 Å². The van der Waals surface area contributed by atoms with Crippen LogP contribution in [0.5, 0.6) is 0 Å². The molecule has 0 saturated carbocycles. The highest BCUT2D eigenvalue weighted by molar-refractivity contribution is 7.90. The van der Waals surface area contributed by atoms with E-state index in [1.165, 1.54) is 30.5 Å². The van der Waals surface area contributed by atoms with Gasteiger partial charge in [-0.1, -0.05) is 91.8 Å². The van der Waals surface area contributed by atoms with Crippen molar-refractivity contribution in [2.45, 2.75) is 90.6 Å². The largest absolute Gasteiger partial charge is 0.870 e. The maximum Gasteiger partial charge on any atom is 0.245 e. The number of thiophene rings is 1. The molecule has 0 radical (unpaired) electrons. The van der Waals surface area contributed by atoms with Crippen molar-refractivity contribution in [3.63, 3.8) is 0 Å². The van der Waals surface area contributed by atoms with Gasteiger partial charge in [-0.3, -0.25) is 9.97 Å². The van der Waals surface area contributed by atoms with E-state index >= 15 is 0 Å². The minimum atomic E-state index is -3.27. The van der Waals surface area contributed by atoms with E-state index < -0.39 is 40.1 Å². The van der Waals surface area contributed by atoms with E-state index in [9.17, 15) is 33.7 Å². The quantitative estimate of drug-likeness (QED) is 0.132. The van der Waals surface area contributed by atoms with Gasteiger partial charge in [-0.05, 0) is 64.4 Å². The topological polar surface area (TPSA) is 205 Å². The molecular formula is C42H65N6O9S5-. The normalized spacial score (nSPS) is 15.6. The molecule has 2 aliphatic rings. The summed E-state index contributed by atoms with van der Waals surface area (Å²) < 4.78 is 101. The molecule has 1 N–H and O–H groups in total. The first-order valence-electron chi connectivity index (χ1n) is 20.2. The summed E-state index contributed by atoms with van der Waals surface area (Å²) in [7, 11) is -11.1. The molecule has 0 amide bonds. The molecule has 0 atom stereocenters. The van der Waals surface area contributed by atoms with Gasteiger partial charge in [0.1, 0.15) is 4.90 Å². The average Bonchev–Trinajstić information content (AvgIpc) is 3.80. The number of benzene rings is 1. The van der Waals surface area contributed by atoms with Crippen LogP contribution < -0.4 is 0 Å². The zero-order chi connectivity index (χ0) is 45.8. The predicted octanol–water partition coefficient (Wildman–Crippen LogP) is 6.58. The SMILES string of the molecule is CC(C)CN(C)S(=O)(=O)Cc1cccnc1.CC(C)CN(Cc1ccccc1)S(C)(=O)=O.CC(C)CN1Cc2ncccc2S1(=O)=O.CC(C)CN1Cc2sccc2S1(=O)=O.[OH-]. The summed E-state index contributed by atoms with van der Waals surface area (Å²) >= 11 is 1.52. The van der Waals surface area contributed by atoms with E-state index in [1.807, 2.05) is 91.1 Å². The Labute approximate surface area is 375 Å². The Bertz CT molecular complexity index is 2410. The maximum atomic E-state index is 12.0. The number of hydrogen-bond donors (Lipinski definition) is 0. The fourth-order valence-corrected chi connectivity index (χ4v) is 13.4. The minimum Gasteiger partial charge on any atom is -0.870 e. The lowest BCUT2D eigenvalue weighted by Gasteiger charge is -2.21. The Kier molecular flexibility index (Phi) is 21.5. The first-order valence-corrected chi connectivity index (χ1v) is 27.4. The summed E-state index contributed by atoms with van der Waals surface area (Å²) in [5, 5.41) is 1.84. The molecule has 0 fully saturated rings. The fraction of sp³-hybridized carbons (Fsp3) is 0.524. The summed E-state index contributed by atoms with van der Waals surface area (Å²) in [6.07, 6.45) is 6.11. The van der Waals surface area contributed by atoms with Crippen molar-refractivity contribution in [2.75, 3.05) is 39.5 Å². The number of aromatic nitrogens is 2. The standard InChI is InChI=1S/C12H19NO2S.C11H18N2O2S.C10H14N2O2S.C9H13NO2S2.H2O/c1-11(2)9-13(16(3,14)15)10-12-7-5-4-6-8-12;1-10(2)8-13(3)16(14,15)9-11-5-4-6-12-7-11;1-8(2)6-12-7-9-10(15(12,13)14)4-3-5-11-9;1-7(2)5-10-6-8-9(3-4-13-8)14(10,11)12;/h4-8,11H,9-10H2,1-3H3;4-7,10H,8-9H2,1-3H3;3-5,8H,6-7H2,1-2H3;3-4,7H,5-6H2,1-2H3;1H2/p-1. The van der Waals surface area contributed by atoms with Crippen LogP contribution in [0.25, 0.3) is 0 Å². The van der Waals surface area contributed by atoms with Crippen LogP contribution in [0.1, 0.15) is 77.1 Å². The van der Waals surface area contributed by atoms with Gasteiger partial charge in [0.05, 0.1) is 29.1 Å². The Hall–Kier alpha value is -3.18. The van der Waals surface area contributed by atoms with Gasteiger partial charge in [0.15, 0.2) is 0 Å². The Balaban J connectivity index is 0.000000283. The van der Waals surface area contributed by atoms with E-state index in [0.29, 0.717) is 85.0 Å². The number of hydrogen-bond acceptors (Lipinski definition) is 12. The fourth-order valence-electron chi connectivity index (χ4n) is 6.31. The molecular weight excluding hydrogens is 893 g/mol. The number of pyridine rings is 2. The van der Waals surface area contributed by atoms with Gasteiger partial charge in [0, 0.05) is 69.8 Å². The van der Waals surface area contributed by atoms with E-state index in [-0.39, 0.29) is 11.2 Å². The highest BCUT2D eigenvalue weighted by Gasteiger charge is 2.36. The van der Waals surface area contributed by atoms with Gasteiger partial charge < -0.3 is 5.48 Å². The maximum absolute atomic E-state index is 12.0. The van der Waals surface area contributed by atoms with Crippen molar-refractivity contribution in [1.29, 1.82) is 0 Å². The monoisotopic (exact) mass is 957 g/mol. The minimum absolute atomic E-state index is 0. The van der Waals surface area contributed by atoms with Gasteiger partial charge in [0.2, 0.25) is 40.1 Å². The van der Waals surface area contributed by atoms with Crippen LogP contribution in [-0.2, 0) is 65.5 Å². The van der Waals surface area contributed by atoms with E-state index in [2.05, 4.69) is 9.97 Å². The molecule has 2 aliphatic heterocycles. The smallest absolute Gasteiger partial charge is 0.245 e. The molecule has 4 aromatic rings. The molecule has 15 nitrogen and oxygen atoms in total. The van der Waals surface area contributed by atoms with Crippen LogP contribution in [0, 0.1) is 23.7 Å². The molecule has 1 aromatic carbocycles. The zero-order valence-corrected chi connectivity index (χ0v) is 41.6. The summed E-state index contributed by atoms with van der Waals surface area (Å²) in [6, 6.07) is 18.2. The van der Waals surface area contributed by atoms with Gasteiger partial charge in [-0.25, -0.2) is 38.0 Å². The molecule has 6 rings (SSSR count). The third-order valence-electron chi connectivity index (χ3n) is 8.98. The van der Waals surface area contributed by atoms with Crippen LogP contribution in [0.15, 0.2) is 94.4 Å². The van der Waals surface area contributed by atoms with Crippen LogP contribution in [0.3, 0.4) is 0 Å². The molecule has 20 heteroatoms. The van der Waals surface area contributed by atoms with Crippen LogP contribution in [-0.4, -0.2) is 106 Å². The second-order valence-electron chi connectivity index (χ2n) is 16.8. The van der Waals surface area contributed by atoms with E-state index in [0.717, 1.165) is 16.0 Å². The molecule has 3 aromatic heterocycles. The molecule has 0 bridgehead atoms. The summed E-state index contributed by atoms with van der Waals surface area (Å²) in [6.45, 7) is 19.8. The second-order valence-corrected chi connectivity index (χ2v) is 25.6. The Morgan fingerprint density at radius 2 is 1.24 bits per heavy atom. The van der Waals surface area contributed by atoms with Gasteiger partial charge in [-0.2, -0.15) is 12.9 Å². The highest BCUT2D eigenvalue weighted by atomic mass is 32.2. The second kappa shape index (κ2) is 24.2. The van der Waals surface area contributed by atoms with Crippen molar-refractivity contribution in [1.82, 2.24) is 27.2 Å². The molecule has 348 valence electrons. The molecule has 62 heavy (non-hydrogen) atoms. The third kappa shape index (κ3) is 16.7. The lowest BCUT2D eigenvalue weighted by molar-refractivity contribution is 0.365. The third-order valence-corrected chi connectivity index (χ3v) is 16.8. The molecule has 0 unspecified atom stereocenters. The number of sulfonamides is 4. The Morgan fingerprint density at radius 1 is 0.694 bits per heavy atom. The number of fused-ring (bicyclic) bond motifs is 2. The summed E-state index contributed by atoms with van der Waals surface area (Å²) in [5.74, 6) is 1.38. The predicted molar refractivity (Wildman–Crippen MR) is 246 cm³/mol. The first kappa shape index (κ1) is 55.0. The molecule has 0 saturated heterocycles. The van der Waals surface area contributed by atoms with Gasteiger partial charge >= 0.3 is 0 Å². The van der Waals surface area contributed by atoms with Crippen molar-refractivity contribution >= 4 is 51.4 Å². The van der Waals surface area contributed by atoms with Crippen LogP contribution >= 0.6 is 11.3 Å². The summed E-state index contributed by atoms with van der Waals surface area (Å²) in [5.41, 5.74) is 2.41. The van der Waals surface area contributed by atoms with Crippen LogP contribution in [0.4, 0.5) is 0 Å². The Morgan fingerprint density at radius 3 is 1.74 bits per heavy atom. The zero-order valence-electron chi connectivity index (χ0n) is 37.5. The van der Waals surface area contributed by atoms with Gasteiger partial charge in [0.25, 0.3) is 0 Å². The lowest BCUT2D eigenvalue weighted by Crippen LogP contribution is -2.32. The first-order chi connectivity index (χ1) is 28.3. The average molecular weight is 958 g/mol. The van der Waals surface area contributed by atoms with Crippen molar-refractivity contribution in [3.8, 4) is 0 Å².